The van der Waals surface area contributed by atoms with Crippen LogP contribution in [0.3, 0.4) is 0 Å². The van der Waals surface area contributed by atoms with Gasteiger partial charge in [0.25, 0.3) is 0 Å². The third-order valence-corrected chi connectivity index (χ3v) is 6.56. The van der Waals surface area contributed by atoms with Crippen LogP contribution in [0.4, 0.5) is 0 Å². The summed E-state index contributed by atoms with van der Waals surface area (Å²) in [6, 6.07) is 5.79. The van der Waals surface area contributed by atoms with Crippen molar-refractivity contribution in [3.05, 3.63) is 29.3 Å². The van der Waals surface area contributed by atoms with E-state index in [4.69, 9.17) is 11.6 Å². The number of carbonyl (C=O) groups excluding carboxylic acids is 2. The Morgan fingerprint density at radius 3 is 2.11 bits per heavy atom. The standard InChI is InChI=1S/C18H26ClN3O4S/c1-3-21(4-2)17(23)13-20-9-11-22(12-10-20)18(24)14-27(25,26)16-7-5-15(19)6-8-16/h5-8H,3-4,9-14H2,1-2H3. The summed E-state index contributed by atoms with van der Waals surface area (Å²) in [4.78, 5) is 30.0. The number of piperazine rings is 1. The predicted octanol–water partition coefficient (Wildman–Crippen LogP) is 1.13. The maximum atomic E-state index is 12.4. The first-order chi connectivity index (χ1) is 12.8. The highest BCUT2D eigenvalue weighted by Crippen LogP contribution is 2.16. The number of likely N-dealkylation sites (N-methyl/N-ethyl adjacent to an activating group) is 1. The Labute approximate surface area is 165 Å². The first-order valence-corrected chi connectivity index (χ1v) is 11.1. The van der Waals surface area contributed by atoms with Crippen molar-refractivity contribution >= 4 is 33.3 Å². The molecule has 0 N–H and O–H groups in total. The van der Waals surface area contributed by atoms with Crippen LogP contribution in [0, 0.1) is 0 Å². The Morgan fingerprint density at radius 2 is 1.59 bits per heavy atom. The van der Waals surface area contributed by atoms with Crippen molar-refractivity contribution in [1.29, 1.82) is 0 Å². The molecule has 0 aromatic heterocycles. The summed E-state index contributed by atoms with van der Waals surface area (Å²) in [5.41, 5.74) is 0. The Hall–Kier alpha value is -1.64. The molecule has 27 heavy (non-hydrogen) atoms. The van der Waals surface area contributed by atoms with Crippen LogP contribution in [-0.2, 0) is 19.4 Å². The number of sulfone groups is 1. The first-order valence-electron chi connectivity index (χ1n) is 9.03. The predicted molar refractivity (Wildman–Crippen MR) is 104 cm³/mol. The summed E-state index contributed by atoms with van der Waals surface area (Å²) < 4.78 is 24.8. The molecule has 1 heterocycles. The molecule has 0 unspecified atom stereocenters. The largest absolute Gasteiger partial charge is 0.342 e. The highest BCUT2D eigenvalue weighted by atomic mass is 35.5. The van der Waals surface area contributed by atoms with E-state index in [1.165, 1.54) is 24.3 Å². The summed E-state index contributed by atoms with van der Waals surface area (Å²) in [5, 5.41) is 0.440. The molecule has 2 rings (SSSR count). The fourth-order valence-electron chi connectivity index (χ4n) is 3.00. The Balaban J connectivity index is 1.87. The van der Waals surface area contributed by atoms with Crippen molar-refractivity contribution in [1.82, 2.24) is 14.7 Å². The minimum Gasteiger partial charge on any atom is -0.342 e. The van der Waals surface area contributed by atoms with Crippen molar-refractivity contribution in [2.75, 3.05) is 51.6 Å². The summed E-state index contributed by atoms with van der Waals surface area (Å²) in [7, 11) is -3.70. The fourth-order valence-corrected chi connectivity index (χ4v) is 4.35. The summed E-state index contributed by atoms with van der Waals surface area (Å²) >= 11 is 5.78. The van der Waals surface area contributed by atoms with Crippen LogP contribution in [0.1, 0.15) is 13.8 Å². The Bertz CT molecular complexity index is 755. The molecule has 0 atom stereocenters. The molecule has 7 nitrogen and oxygen atoms in total. The van der Waals surface area contributed by atoms with Crippen LogP contribution < -0.4 is 0 Å². The Kier molecular flexibility index (Phi) is 7.64. The van der Waals surface area contributed by atoms with E-state index >= 15 is 0 Å². The lowest BCUT2D eigenvalue weighted by molar-refractivity contribution is -0.133. The lowest BCUT2D eigenvalue weighted by Gasteiger charge is -2.35. The molecule has 1 aliphatic rings. The van der Waals surface area contributed by atoms with E-state index < -0.39 is 21.5 Å². The van der Waals surface area contributed by atoms with Gasteiger partial charge < -0.3 is 9.80 Å². The molecule has 0 aliphatic carbocycles. The van der Waals surface area contributed by atoms with E-state index in [0.29, 0.717) is 50.8 Å². The number of hydrogen-bond donors (Lipinski definition) is 0. The van der Waals surface area contributed by atoms with Gasteiger partial charge >= 0.3 is 0 Å². The van der Waals surface area contributed by atoms with Crippen LogP contribution in [0.5, 0.6) is 0 Å². The lowest BCUT2D eigenvalue weighted by Crippen LogP contribution is -2.52. The zero-order valence-corrected chi connectivity index (χ0v) is 17.3. The van der Waals surface area contributed by atoms with Gasteiger partial charge in [0.15, 0.2) is 9.84 Å². The summed E-state index contributed by atoms with van der Waals surface area (Å²) in [6.45, 7) is 7.51. The highest BCUT2D eigenvalue weighted by Gasteiger charge is 2.27. The van der Waals surface area contributed by atoms with Crippen LogP contribution >= 0.6 is 11.6 Å². The molecular weight excluding hydrogens is 390 g/mol. The molecule has 0 saturated carbocycles. The normalized spacial score (nSPS) is 15.6. The van der Waals surface area contributed by atoms with Gasteiger partial charge in [-0.2, -0.15) is 0 Å². The molecule has 1 fully saturated rings. The van der Waals surface area contributed by atoms with E-state index in [2.05, 4.69) is 0 Å². The van der Waals surface area contributed by atoms with Crippen molar-refractivity contribution < 1.29 is 18.0 Å². The molecule has 0 bridgehead atoms. The van der Waals surface area contributed by atoms with Crippen molar-refractivity contribution in [3.63, 3.8) is 0 Å². The van der Waals surface area contributed by atoms with E-state index in [0.717, 1.165) is 0 Å². The zero-order valence-electron chi connectivity index (χ0n) is 15.7. The van der Waals surface area contributed by atoms with E-state index in [9.17, 15) is 18.0 Å². The average Bonchev–Trinajstić information content (AvgIpc) is 2.63. The number of rotatable bonds is 7. The van der Waals surface area contributed by atoms with Crippen molar-refractivity contribution in [2.45, 2.75) is 18.7 Å². The average molecular weight is 416 g/mol. The minimum atomic E-state index is -3.70. The third kappa shape index (κ3) is 5.92. The second-order valence-corrected chi connectivity index (χ2v) is 8.86. The van der Waals surface area contributed by atoms with Crippen LogP contribution in [0.15, 0.2) is 29.2 Å². The molecule has 1 aliphatic heterocycles. The van der Waals surface area contributed by atoms with Gasteiger partial charge in [0.2, 0.25) is 11.8 Å². The van der Waals surface area contributed by atoms with Gasteiger partial charge in [-0.05, 0) is 38.1 Å². The Morgan fingerprint density at radius 1 is 1.04 bits per heavy atom. The maximum Gasteiger partial charge on any atom is 0.238 e. The molecule has 1 saturated heterocycles. The molecule has 1 aromatic rings. The van der Waals surface area contributed by atoms with Gasteiger partial charge in [-0.1, -0.05) is 11.6 Å². The number of benzene rings is 1. The van der Waals surface area contributed by atoms with Crippen LogP contribution in [-0.4, -0.2) is 86.5 Å². The highest BCUT2D eigenvalue weighted by molar-refractivity contribution is 7.92. The van der Waals surface area contributed by atoms with E-state index in [1.54, 1.807) is 9.80 Å². The van der Waals surface area contributed by atoms with E-state index in [-0.39, 0.29) is 10.8 Å². The maximum absolute atomic E-state index is 12.4. The number of hydrogen-bond acceptors (Lipinski definition) is 5. The smallest absolute Gasteiger partial charge is 0.238 e. The summed E-state index contributed by atoms with van der Waals surface area (Å²) in [5.74, 6) is -0.905. The van der Waals surface area contributed by atoms with Gasteiger partial charge in [-0.15, -0.1) is 0 Å². The SMILES string of the molecule is CCN(CC)C(=O)CN1CCN(C(=O)CS(=O)(=O)c2ccc(Cl)cc2)CC1. The number of nitrogens with zero attached hydrogens (tertiary/aromatic N) is 3. The van der Waals surface area contributed by atoms with Gasteiger partial charge in [0.05, 0.1) is 11.4 Å². The topological polar surface area (TPSA) is 78.0 Å². The monoisotopic (exact) mass is 415 g/mol. The minimum absolute atomic E-state index is 0.0742. The second-order valence-electron chi connectivity index (χ2n) is 6.44. The number of halogens is 1. The van der Waals surface area contributed by atoms with Crippen molar-refractivity contribution in [2.24, 2.45) is 0 Å². The lowest BCUT2D eigenvalue weighted by atomic mass is 10.3. The molecule has 1 aromatic carbocycles. The van der Waals surface area contributed by atoms with Gasteiger partial charge in [0.1, 0.15) is 5.75 Å². The number of amides is 2. The van der Waals surface area contributed by atoms with Crippen LogP contribution in [0.2, 0.25) is 5.02 Å². The van der Waals surface area contributed by atoms with Gasteiger partial charge in [0, 0.05) is 44.3 Å². The molecule has 2 amide bonds. The molecule has 0 spiro atoms. The third-order valence-electron chi connectivity index (χ3n) is 4.69. The summed E-state index contributed by atoms with van der Waals surface area (Å²) in [6.07, 6.45) is 0. The fraction of sp³-hybridized carbons (Fsp3) is 0.556. The van der Waals surface area contributed by atoms with Crippen LogP contribution in [0.25, 0.3) is 0 Å². The van der Waals surface area contributed by atoms with Crippen molar-refractivity contribution in [3.8, 4) is 0 Å². The molecule has 0 radical (unpaired) electrons. The van der Waals surface area contributed by atoms with Gasteiger partial charge in [-0.25, -0.2) is 8.42 Å². The zero-order chi connectivity index (χ0) is 20.0. The first kappa shape index (κ1) is 21.7. The number of carbonyl (C=O) groups is 2. The van der Waals surface area contributed by atoms with E-state index in [1.807, 2.05) is 18.7 Å². The second kappa shape index (κ2) is 9.52. The quantitative estimate of drug-likeness (QED) is 0.667. The molecular formula is C18H26ClN3O4S. The van der Waals surface area contributed by atoms with Gasteiger partial charge in [-0.3, -0.25) is 14.5 Å². The molecule has 9 heteroatoms. The molecule has 150 valence electrons.